The summed E-state index contributed by atoms with van der Waals surface area (Å²) in [4.78, 5) is 12.5. The monoisotopic (exact) mass is 542 g/mol. The molecule has 1 amide bonds. The average Bonchev–Trinajstić information content (AvgIpc) is 2.81. The first kappa shape index (κ1) is 26.1. The highest BCUT2D eigenvalue weighted by Crippen LogP contribution is 2.30. The standard InChI is InChI=1S/C23H21Cl3N2O5S/c1-32-21-8-5-18(12-22(21)33-2)34(30,31)27-13-23(29)28-20-7-4-17(25)11-15(20)9-14-10-16(24)3-6-19(14)26/h3-8,10-12,27H,9,13H2,1-2H3,(H,28,29). The van der Waals surface area contributed by atoms with E-state index >= 15 is 0 Å². The number of benzene rings is 3. The number of sulfonamides is 1. The van der Waals surface area contributed by atoms with E-state index in [-0.39, 0.29) is 10.6 Å². The minimum Gasteiger partial charge on any atom is -0.493 e. The van der Waals surface area contributed by atoms with Crippen molar-refractivity contribution >= 4 is 56.4 Å². The van der Waals surface area contributed by atoms with Gasteiger partial charge in [-0.2, -0.15) is 0 Å². The molecule has 0 aromatic heterocycles. The topological polar surface area (TPSA) is 93.7 Å². The molecule has 0 unspecified atom stereocenters. The molecule has 0 bridgehead atoms. The minimum absolute atomic E-state index is 0.0688. The Morgan fingerprint density at radius 3 is 2.18 bits per heavy atom. The number of rotatable bonds is 9. The maximum absolute atomic E-state index is 12.6. The molecule has 180 valence electrons. The van der Waals surface area contributed by atoms with E-state index in [0.29, 0.717) is 38.5 Å². The van der Waals surface area contributed by atoms with Crippen LogP contribution in [-0.4, -0.2) is 35.1 Å². The predicted octanol–water partition coefficient (Wildman–Crippen LogP) is 5.17. The second-order valence-electron chi connectivity index (χ2n) is 7.10. The van der Waals surface area contributed by atoms with Gasteiger partial charge in [0.1, 0.15) is 0 Å². The van der Waals surface area contributed by atoms with Gasteiger partial charge in [-0.05, 0) is 59.7 Å². The van der Waals surface area contributed by atoms with Gasteiger partial charge in [0.25, 0.3) is 0 Å². The summed E-state index contributed by atoms with van der Waals surface area (Å²) in [5, 5.41) is 4.23. The average molecular weight is 544 g/mol. The number of hydrogen-bond acceptors (Lipinski definition) is 5. The normalized spacial score (nSPS) is 11.2. The molecule has 34 heavy (non-hydrogen) atoms. The Morgan fingerprint density at radius 2 is 1.50 bits per heavy atom. The van der Waals surface area contributed by atoms with Crippen LogP contribution < -0.4 is 19.5 Å². The first-order valence-corrected chi connectivity index (χ1v) is 12.5. The van der Waals surface area contributed by atoms with Crippen LogP contribution in [0.4, 0.5) is 5.69 Å². The van der Waals surface area contributed by atoms with Gasteiger partial charge in [0.15, 0.2) is 11.5 Å². The lowest BCUT2D eigenvalue weighted by molar-refractivity contribution is -0.115. The zero-order valence-corrected chi connectivity index (χ0v) is 21.3. The van der Waals surface area contributed by atoms with E-state index in [1.165, 1.54) is 32.4 Å². The molecular formula is C23H21Cl3N2O5S. The summed E-state index contributed by atoms with van der Waals surface area (Å²) >= 11 is 18.5. The molecule has 0 saturated carbocycles. The smallest absolute Gasteiger partial charge is 0.241 e. The summed E-state index contributed by atoms with van der Waals surface area (Å²) < 4.78 is 37.8. The molecule has 0 spiro atoms. The number of carbonyl (C=O) groups excluding carboxylic acids is 1. The Bertz CT molecular complexity index is 1320. The molecule has 0 saturated heterocycles. The largest absolute Gasteiger partial charge is 0.493 e. The van der Waals surface area contributed by atoms with Crippen molar-refractivity contribution < 1.29 is 22.7 Å². The summed E-state index contributed by atoms with van der Waals surface area (Å²) in [6.45, 7) is -0.489. The third-order valence-corrected chi connectivity index (χ3v) is 7.06. The van der Waals surface area contributed by atoms with Crippen LogP contribution >= 0.6 is 34.8 Å². The number of nitrogens with one attached hydrogen (secondary N) is 2. The maximum atomic E-state index is 12.6. The van der Waals surface area contributed by atoms with Crippen molar-refractivity contribution in [2.24, 2.45) is 0 Å². The van der Waals surface area contributed by atoms with Gasteiger partial charge >= 0.3 is 0 Å². The van der Waals surface area contributed by atoms with Crippen molar-refractivity contribution in [3.8, 4) is 11.5 Å². The van der Waals surface area contributed by atoms with Crippen molar-refractivity contribution in [1.29, 1.82) is 0 Å². The molecule has 0 atom stereocenters. The predicted molar refractivity (Wildman–Crippen MR) is 134 cm³/mol. The van der Waals surface area contributed by atoms with E-state index in [0.717, 1.165) is 5.56 Å². The quantitative estimate of drug-likeness (QED) is 0.388. The number of halogens is 3. The van der Waals surface area contributed by atoms with Gasteiger partial charge < -0.3 is 14.8 Å². The molecular weight excluding hydrogens is 523 g/mol. The number of ether oxygens (including phenoxy) is 2. The first-order valence-electron chi connectivity index (χ1n) is 9.87. The first-order chi connectivity index (χ1) is 16.1. The fraction of sp³-hybridized carbons (Fsp3) is 0.174. The highest BCUT2D eigenvalue weighted by Gasteiger charge is 2.19. The van der Waals surface area contributed by atoms with Gasteiger partial charge in [0, 0.05) is 33.2 Å². The summed E-state index contributed by atoms with van der Waals surface area (Å²) in [6.07, 6.45) is 0.354. The Hall–Kier alpha value is -2.49. The van der Waals surface area contributed by atoms with E-state index in [9.17, 15) is 13.2 Å². The van der Waals surface area contributed by atoms with Crippen molar-refractivity contribution in [2.45, 2.75) is 11.3 Å². The van der Waals surface area contributed by atoms with E-state index in [4.69, 9.17) is 44.3 Å². The van der Waals surface area contributed by atoms with Crippen molar-refractivity contribution in [1.82, 2.24) is 4.72 Å². The van der Waals surface area contributed by atoms with Crippen molar-refractivity contribution in [3.63, 3.8) is 0 Å². The maximum Gasteiger partial charge on any atom is 0.241 e. The van der Waals surface area contributed by atoms with E-state index in [2.05, 4.69) is 10.0 Å². The van der Waals surface area contributed by atoms with Crippen LogP contribution in [0.2, 0.25) is 15.1 Å². The molecule has 0 aliphatic rings. The van der Waals surface area contributed by atoms with Gasteiger partial charge in [0.2, 0.25) is 15.9 Å². The fourth-order valence-electron chi connectivity index (χ4n) is 3.14. The van der Waals surface area contributed by atoms with Crippen LogP contribution in [0, 0.1) is 0 Å². The van der Waals surface area contributed by atoms with Crippen molar-refractivity contribution in [2.75, 3.05) is 26.1 Å². The molecule has 0 aliphatic heterocycles. The molecule has 2 N–H and O–H groups in total. The molecule has 3 aromatic carbocycles. The zero-order chi connectivity index (χ0) is 24.9. The lowest BCUT2D eigenvalue weighted by atomic mass is 10.0. The highest BCUT2D eigenvalue weighted by atomic mass is 35.5. The Balaban J connectivity index is 1.73. The lowest BCUT2D eigenvalue weighted by Crippen LogP contribution is -2.33. The van der Waals surface area contributed by atoms with E-state index in [1.54, 1.807) is 36.4 Å². The summed E-state index contributed by atoms with van der Waals surface area (Å²) in [5.41, 5.74) is 1.91. The van der Waals surface area contributed by atoms with Gasteiger partial charge in [0.05, 0.1) is 25.7 Å². The van der Waals surface area contributed by atoms with E-state index < -0.39 is 22.5 Å². The van der Waals surface area contributed by atoms with Crippen LogP contribution in [0.15, 0.2) is 59.5 Å². The number of methoxy groups -OCH3 is 2. The lowest BCUT2D eigenvalue weighted by Gasteiger charge is -2.14. The molecule has 7 nitrogen and oxygen atoms in total. The molecule has 0 heterocycles. The molecule has 3 aromatic rings. The Kier molecular flexibility index (Phi) is 8.67. The van der Waals surface area contributed by atoms with Gasteiger partial charge in [-0.25, -0.2) is 13.1 Å². The van der Waals surface area contributed by atoms with Gasteiger partial charge in [-0.15, -0.1) is 0 Å². The summed E-state index contributed by atoms with van der Waals surface area (Å²) in [6, 6.07) is 14.2. The number of carbonyl (C=O) groups is 1. The third-order valence-electron chi connectivity index (χ3n) is 4.82. The van der Waals surface area contributed by atoms with Gasteiger partial charge in [-0.3, -0.25) is 4.79 Å². The number of hydrogen-bond donors (Lipinski definition) is 2. The molecule has 11 heteroatoms. The Labute approximate surface area is 213 Å². The van der Waals surface area contributed by atoms with Crippen LogP contribution in [0.25, 0.3) is 0 Å². The summed E-state index contributed by atoms with van der Waals surface area (Å²) in [5.74, 6) is 0.0689. The molecule has 3 rings (SSSR count). The minimum atomic E-state index is -3.98. The SMILES string of the molecule is COc1ccc(S(=O)(=O)NCC(=O)Nc2ccc(Cl)cc2Cc2cc(Cl)ccc2Cl)cc1OC. The van der Waals surface area contributed by atoms with Gasteiger partial charge in [-0.1, -0.05) is 34.8 Å². The van der Waals surface area contributed by atoms with Crippen molar-refractivity contribution in [3.05, 3.63) is 80.8 Å². The van der Waals surface area contributed by atoms with Crippen LogP contribution in [0.5, 0.6) is 11.5 Å². The van der Waals surface area contributed by atoms with Crippen LogP contribution in [0.1, 0.15) is 11.1 Å². The highest BCUT2D eigenvalue weighted by molar-refractivity contribution is 7.89. The number of anilines is 1. The van der Waals surface area contributed by atoms with E-state index in [1.807, 2.05) is 0 Å². The van der Waals surface area contributed by atoms with Crippen LogP contribution in [0.3, 0.4) is 0 Å². The molecule has 0 fully saturated rings. The third kappa shape index (κ3) is 6.55. The fourth-order valence-corrected chi connectivity index (χ4v) is 4.71. The number of amides is 1. The second kappa shape index (κ2) is 11.3. The summed E-state index contributed by atoms with van der Waals surface area (Å²) in [7, 11) is -1.14. The Morgan fingerprint density at radius 1 is 0.853 bits per heavy atom. The molecule has 0 aliphatic carbocycles. The van der Waals surface area contributed by atoms with Crippen LogP contribution in [-0.2, 0) is 21.2 Å². The second-order valence-corrected chi connectivity index (χ2v) is 10.2. The molecule has 0 radical (unpaired) electrons. The zero-order valence-electron chi connectivity index (χ0n) is 18.2.